The number of rotatable bonds is 8. The predicted molar refractivity (Wildman–Crippen MR) is 111 cm³/mol. The van der Waals surface area contributed by atoms with E-state index in [0.29, 0.717) is 10.7 Å². The maximum absolute atomic E-state index is 12.6. The van der Waals surface area contributed by atoms with Gasteiger partial charge in [0.15, 0.2) is 0 Å². The normalized spacial score (nSPS) is 10.7. The van der Waals surface area contributed by atoms with Gasteiger partial charge in [-0.15, -0.1) is 33.7 Å². The third-order valence-corrected chi connectivity index (χ3v) is 6.71. The van der Waals surface area contributed by atoms with Crippen molar-refractivity contribution in [3.63, 3.8) is 0 Å². The van der Waals surface area contributed by atoms with Gasteiger partial charge in [0.1, 0.15) is 5.01 Å². The summed E-state index contributed by atoms with van der Waals surface area (Å²) in [7, 11) is 0. The van der Waals surface area contributed by atoms with Crippen molar-refractivity contribution in [2.45, 2.75) is 28.9 Å². The van der Waals surface area contributed by atoms with Crippen molar-refractivity contribution in [1.82, 2.24) is 10.2 Å². The summed E-state index contributed by atoms with van der Waals surface area (Å²) in [5, 5.41) is 12.6. The average Bonchev–Trinajstić information content (AvgIpc) is 3.13. The number of carbonyl (C=O) groups is 1. The highest BCUT2D eigenvalue weighted by Gasteiger charge is 2.14. The van der Waals surface area contributed by atoms with Gasteiger partial charge in [-0.1, -0.05) is 48.6 Å². The van der Waals surface area contributed by atoms with Gasteiger partial charge in [0, 0.05) is 9.79 Å². The number of amides is 1. The monoisotopic (exact) mass is 401 g/mol. The van der Waals surface area contributed by atoms with Crippen molar-refractivity contribution in [3.05, 3.63) is 65.2 Å². The molecule has 0 spiro atoms. The summed E-state index contributed by atoms with van der Waals surface area (Å²) in [6.45, 7) is 2.13. The number of hydrogen-bond acceptors (Lipinski definition) is 6. The SMILES string of the molecule is CCCSc1ccccc1C(=O)Nc1nnc(CSc2ccccc2)s1. The van der Waals surface area contributed by atoms with E-state index in [1.807, 2.05) is 42.5 Å². The van der Waals surface area contributed by atoms with Gasteiger partial charge in [-0.2, -0.15) is 0 Å². The molecule has 3 rings (SSSR count). The van der Waals surface area contributed by atoms with Gasteiger partial charge in [-0.25, -0.2) is 0 Å². The van der Waals surface area contributed by atoms with Crippen molar-refractivity contribution in [1.29, 1.82) is 0 Å². The first-order valence-electron chi connectivity index (χ1n) is 8.29. The molecule has 1 heterocycles. The molecule has 0 saturated heterocycles. The molecule has 26 heavy (non-hydrogen) atoms. The number of nitrogens with one attached hydrogen (secondary N) is 1. The summed E-state index contributed by atoms with van der Waals surface area (Å²) in [6.07, 6.45) is 1.07. The summed E-state index contributed by atoms with van der Waals surface area (Å²) in [6, 6.07) is 17.8. The second-order valence-electron chi connectivity index (χ2n) is 5.40. The van der Waals surface area contributed by atoms with Gasteiger partial charge in [0.2, 0.25) is 5.13 Å². The molecule has 0 saturated carbocycles. The van der Waals surface area contributed by atoms with Crippen molar-refractivity contribution in [2.75, 3.05) is 11.1 Å². The smallest absolute Gasteiger partial charge is 0.258 e. The van der Waals surface area contributed by atoms with Crippen LogP contribution in [0, 0.1) is 0 Å². The second kappa shape index (κ2) is 9.75. The highest BCUT2D eigenvalue weighted by atomic mass is 32.2. The standard InChI is InChI=1S/C19H19N3OS3/c1-2-12-24-16-11-7-6-10-15(16)18(23)20-19-22-21-17(26-19)13-25-14-8-4-3-5-9-14/h3-11H,2,12-13H2,1H3,(H,20,22,23). The molecule has 4 nitrogen and oxygen atoms in total. The Labute approximate surface area is 165 Å². The molecule has 7 heteroatoms. The molecule has 0 aliphatic rings. The summed E-state index contributed by atoms with van der Waals surface area (Å²) >= 11 is 4.82. The topological polar surface area (TPSA) is 54.9 Å². The Hall–Kier alpha value is -1.83. The zero-order valence-corrected chi connectivity index (χ0v) is 16.8. The molecular weight excluding hydrogens is 382 g/mol. The van der Waals surface area contributed by atoms with E-state index >= 15 is 0 Å². The molecule has 1 amide bonds. The maximum atomic E-state index is 12.6. The van der Waals surface area contributed by atoms with E-state index in [1.165, 1.54) is 16.2 Å². The van der Waals surface area contributed by atoms with Crippen LogP contribution in [-0.2, 0) is 5.75 Å². The van der Waals surface area contributed by atoms with E-state index in [2.05, 4.69) is 34.6 Å². The maximum Gasteiger partial charge on any atom is 0.258 e. The van der Waals surface area contributed by atoms with Gasteiger partial charge in [0.25, 0.3) is 5.91 Å². The number of thioether (sulfide) groups is 2. The third kappa shape index (κ3) is 5.33. The summed E-state index contributed by atoms with van der Waals surface area (Å²) in [5.74, 6) is 1.59. The van der Waals surface area contributed by atoms with Gasteiger partial charge in [-0.3, -0.25) is 10.1 Å². The van der Waals surface area contributed by atoms with Gasteiger partial charge < -0.3 is 0 Å². The van der Waals surface area contributed by atoms with Crippen LogP contribution in [-0.4, -0.2) is 21.9 Å². The second-order valence-corrected chi connectivity index (χ2v) is 8.65. The minimum absolute atomic E-state index is 0.136. The number of carbonyl (C=O) groups excluding carboxylic acids is 1. The lowest BCUT2D eigenvalue weighted by Gasteiger charge is -2.07. The Morgan fingerprint density at radius 3 is 2.62 bits per heavy atom. The lowest BCUT2D eigenvalue weighted by atomic mass is 10.2. The molecule has 0 bridgehead atoms. The molecular formula is C19H19N3OS3. The van der Waals surface area contributed by atoms with E-state index in [9.17, 15) is 4.79 Å². The van der Waals surface area contributed by atoms with Crippen molar-refractivity contribution >= 4 is 45.9 Å². The lowest BCUT2D eigenvalue weighted by Crippen LogP contribution is -2.12. The quantitative estimate of drug-likeness (QED) is 0.499. The summed E-state index contributed by atoms with van der Waals surface area (Å²) in [5.41, 5.74) is 0.682. The molecule has 0 atom stereocenters. The molecule has 134 valence electrons. The van der Waals surface area contributed by atoms with E-state index in [1.54, 1.807) is 23.5 Å². The number of hydrogen-bond donors (Lipinski definition) is 1. The van der Waals surface area contributed by atoms with Crippen LogP contribution in [0.25, 0.3) is 0 Å². The van der Waals surface area contributed by atoms with Gasteiger partial charge in [0.05, 0.1) is 11.3 Å². The zero-order chi connectivity index (χ0) is 18.2. The number of nitrogens with zero attached hydrogens (tertiary/aromatic N) is 2. The first-order chi connectivity index (χ1) is 12.8. The minimum atomic E-state index is -0.136. The largest absolute Gasteiger partial charge is 0.296 e. The van der Waals surface area contributed by atoms with Gasteiger partial charge in [-0.05, 0) is 36.4 Å². The lowest BCUT2D eigenvalue weighted by molar-refractivity contribution is 0.102. The van der Waals surface area contributed by atoms with E-state index < -0.39 is 0 Å². The van der Waals surface area contributed by atoms with Crippen LogP contribution in [0.5, 0.6) is 0 Å². The molecule has 0 fully saturated rings. The Morgan fingerprint density at radius 2 is 1.81 bits per heavy atom. The summed E-state index contributed by atoms with van der Waals surface area (Å²) < 4.78 is 0. The van der Waals surface area contributed by atoms with Gasteiger partial charge >= 0.3 is 0 Å². The van der Waals surface area contributed by atoms with E-state index in [0.717, 1.165) is 27.8 Å². The number of benzene rings is 2. The Balaban J connectivity index is 1.61. The van der Waals surface area contributed by atoms with Crippen molar-refractivity contribution in [3.8, 4) is 0 Å². The first kappa shape index (κ1) is 18.9. The van der Waals surface area contributed by atoms with Crippen LogP contribution in [0.4, 0.5) is 5.13 Å². The molecule has 3 aromatic rings. The van der Waals surface area contributed by atoms with Crippen LogP contribution in [0.1, 0.15) is 28.7 Å². The van der Waals surface area contributed by atoms with Crippen molar-refractivity contribution < 1.29 is 4.79 Å². The zero-order valence-electron chi connectivity index (χ0n) is 14.3. The fraction of sp³-hybridized carbons (Fsp3) is 0.211. The predicted octanol–water partition coefficient (Wildman–Crippen LogP) is 5.58. The molecule has 0 unspecified atom stereocenters. The fourth-order valence-electron chi connectivity index (χ4n) is 2.18. The number of anilines is 1. The first-order valence-corrected chi connectivity index (χ1v) is 11.1. The average molecular weight is 402 g/mol. The van der Waals surface area contributed by atoms with Crippen LogP contribution >= 0.6 is 34.9 Å². The highest BCUT2D eigenvalue weighted by molar-refractivity contribution is 7.99. The molecule has 2 aromatic carbocycles. The summed E-state index contributed by atoms with van der Waals surface area (Å²) in [4.78, 5) is 14.8. The molecule has 1 aromatic heterocycles. The van der Waals surface area contributed by atoms with E-state index in [4.69, 9.17) is 0 Å². The molecule has 0 radical (unpaired) electrons. The van der Waals surface area contributed by atoms with Crippen molar-refractivity contribution in [2.24, 2.45) is 0 Å². The van der Waals surface area contributed by atoms with Crippen LogP contribution in [0.2, 0.25) is 0 Å². The number of aromatic nitrogens is 2. The fourth-order valence-corrected chi connectivity index (χ4v) is 4.74. The Morgan fingerprint density at radius 1 is 1.04 bits per heavy atom. The molecule has 0 aliphatic heterocycles. The minimum Gasteiger partial charge on any atom is -0.296 e. The molecule has 1 N–H and O–H groups in total. The third-order valence-electron chi connectivity index (χ3n) is 3.39. The highest BCUT2D eigenvalue weighted by Crippen LogP contribution is 2.27. The Kier molecular flexibility index (Phi) is 7.11. The van der Waals surface area contributed by atoms with Crippen LogP contribution in [0.3, 0.4) is 0 Å². The molecule has 0 aliphatic carbocycles. The Bertz CT molecular complexity index is 852. The van der Waals surface area contributed by atoms with Crippen LogP contribution in [0.15, 0.2) is 64.4 Å². The van der Waals surface area contributed by atoms with Crippen LogP contribution < -0.4 is 5.32 Å². The van der Waals surface area contributed by atoms with E-state index in [-0.39, 0.29) is 5.91 Å².